The van der Waals surface area contributed by atoms with Crippen LogP contribution in [-0.4, -0.2) is 28.3 Å². The van der Waals surface area contributed by atoms with Crippen molar-refractivity contribution in [3.63, 3.8) is 0 Å². The molecule has 0 aliphatic carbocycles. The van der Waals surface area contributed by atoms with Crippen LogP contribution in [0.15, 0.2) is 42.5 Å². The predicted octanol–water partition coefficient (Wildman–Crippen LogP) is 4.88. The van der Waals surface area contributed by atoms with Crippen LogP contribution in [0, 0.1) is 20.8 Å². The van der Waals surface area contributed by atoms with E-state index in [9.17, 15) is 9.59 Å². The highest BCUT2D eigenvalue weighted by molar-refractivity contribution is 5.89. The van der Waals surface area contributed by atoms with Gasteiger partial charge in [-0.2, -0.15) is 0 Å². The van der Waals surface area contributed by atoms with Crippen LogP contribution in [0.5, 0.6) is 0 Å². The zero-order valence-corrected chi connectivity index (χ0v) is 19.5. The van der Waals surface area contributed by atoms with E-state index in [1.807, 2.05) is 72.7 Å². The smallest absolute Gasteiger partial charge is 0.243 e. The number of rotatable bonds is 7. The number of carbonyl (C=O) groups excluding carboxylic acids is 2. The molecule has 0 spiro atoms. The van der Waals surface area contributed by atoms with Crippen LogP contribution in [0.1, 0.15) is 61.9 Å². The number of nitrogens with zero attached hydrogens (tertiary/aromatic N) is 1. The number of hydrogen-bond donors (Lipinski definition) is 1. The first-order valence-corrected chi connectivity index (χ1v) is 10.7. The van der Waals surface area contributed by atoms with Crippen molar-refractivity contribution in [3.8, 4) is 0 Å². The third-order valence-corrected chi connectivity index (χ3v) is 5.17. The Morgan fingerprint density at radius 3 is 2.27 bits per heavy atom. The van der Waals surface area contributed by atoms with E-state index in [0.717, 1.165) is 27.8 Å². The summed E-state index contributed by atoms with van der Waals surface area (Å²) in [7, 11) is 0. The van der Waals surface area contributed by atoms with Gasteiger partial charge in [0.15, 0.2) is 0 Å². The van der Waals surface area contributed by atoms with E-state index in [0.29, 0.717) is 19.4 Å². The zero-order chi connectivity index (χ0) is 22.5. The highest BCUT2D eigenvalue weighted by Gasteiger charge is 2.30. The second-order valence-electron chi connectivity index (χ2n) is 9.28. The lowest BCUT2D eigenvalue weighted by atomic mass is 10.0. The molecule has 30 heavy (non-hydrogen) atoms. The summed E-state index contributed by atoms with van der Waals surface area (Å²) in [6.45, 7) is 14.3. The maximum atomic E-state index is 13.5. The van der Waals surface area contributed by atoms with Crippen LogP contribution in [0.4, 0.5) is 0 Å². The number of carbonyl (C=O) groups is 2. The van der Waals surface area contributed by atoms with Crippen LogP contribution in [0.3, 0.4) is 0 Å². The molecule has 1 N–H and O–H groups in total. The zero-order valence-electron chi connectivity index (χ0n) is 19.5. The SMILES string of the molecule is CCC(C(=O)NC(C)(C)C)N(Cc1cccc(C)c1)C(=O)Cc1cc(C)ccc1C. The summed E-state index contributed by atoms with van der Waals surface area (Å²) in [5.41, 5.74) is 5.06. The average molecular weight is 409 g/mol. The summed E-state index contributed by atoms with van der Waals surface area (Å²) in [6, 6.07) is 13.8. The largest absolute Gasteiger partial charge is 0.350 e. The standard InChI is InChI=1S/C26H36N2O2/c1-8-23(25(30)27-26(5,6)7)28(17-21-11-9-10-18(2)14-21)24(29)16-22-15-19(3)12-13-20(22)4/h9-15,23H,8,16-17H2,1-7H3,(H,27,30). The Morgan fingerprint density at radius 1 is 1.00 bits per heavy atom. The summed E-state index contributed by atoms with van der Waals surface area (Å²) in [5.74, 6) is -0.131. The molecule has 1 atom stereocenters. The van der Waals surface area contributed by atoms with Crippen molar-refractivity contribution in [2.24, 2.45) is 0 Å². The second-order valence-corrected chi connectivity index (χ2v) is 9.28. The molecule has 2 rings (SSSR count). The van der Waals surface area contributed by atoms with Crippen molar-refractivity contribution < 1.29 is 9.59 Å². The molecule has 0 bridgehead atoms. The molecule has 4 heteroatoms. The van der Waals surface area contributed by atoms with Gasteiger partial charge in [0.2, 0.25) is 11.8 Å². The average Bonchev–Trinajstić information content (AvgIpc) is 2.63. The molecule has 0 fully saturated rings. The van der Waals surface area contributed by atoms with Crippen molar-refractivity contribution in [1.82, 2.24) is 10.2 Å². The summed E-state index contributed by atoms with van der Waals surface area (Å²) < 4.78 is 0. The van der Waals surface area contributed by atoms with Crippen LogP contribution < -0.4 is 5.32 Å². The first-order chi connectivity index (χ1) is 14.0. The lowest BCUT2D eigenvalue weighted by molar-refractivity contribution is -0.141. The van der Waals surface area contributed by atoms with Gasteiger partial charge in [0.25, 0.3) is 0 Å². The molecule has 2 amide bonds. The summed E-state index contributed by atoms with van der Waals surface area (Å²) in [6.07, 6.45) is 0.852. The summed E-state index contributed by atoms with van der Waals surface area (Å²) >= 11 is 0. The molecule has 2 aromatic rings. The fourth-order valence-electron chi connectivity index (χ4n) is 3.63. The molecule has 0 aliphatic heterocycles. The Labute approximate surface area is 181 Å². The minimum atomic E-state index is -0.512. The summed E-state index contributed by atoms with van der Waals surface area (Å²) in [4.78, 5) is 28.3. The third kappa shape index (κ3) is 6.72. The Morgan fingerprint density at radius 2 is 1.67 bits per heavy atom. The quantitative estimate of drug-likeness (QED) is 0.710. The van der Waals surface area contributed by atoms with Crippen molar-refractivity contribution in [1.29, 1.82) is 0 Å². The lowest BCUT2D eigenvalue weighted by Gasteiger charge is -2.33. The predicted molar refractivity (Wildman–Crippen MR) is 123 cm³/mol. The van der Waals surface area contributed by atoms with Gasteiger partial charge in [-0.15, -0.1) is 0 Å². The third-order valence-electron chi connectivity index (χ3n) is 5.17. The molecule has 1 unspecified atom stereocenters. The van der Waals surface area contributed by atoms with Gasteiger partial charge in [0, 0.05) is 12.1 Å². The van der Waals surface area contributed by atoms with Crippen LogP contribution in [0.2, 0.25) is 0 Å². The monoisotopic (exact) mass is 408 g/mol. The van der Waals surface area contributed by atoms with Crippen LogP contribution >= 0.6 is 0 Å². The first kappa shape index (κ1) is 23.7. The number of amides is 2. The molecule has 0 heterocycles. The Bertz CT molecular complexity index is 896. The minimum absolute atomic E-state index is 0.0267. The van der Waals surface area contributed by atoms with Crippen molar-refractivity contribution >= 4 is 11.8 Å². The highest BCUT2D eigenvalue weighted by atomic mass is 16.2. The van der Waals surface area contributed by atoms with Crippen LogP contribution in [0.25, 0.3) is 0 Å². The molecule has 0 saturated heterocycles. The lowest BCUT2D eigenvalue weighted by Crippen LogP contribution is -2.53. The molecule has 4 nitrogen and oxygen atoms in total. The van der Waals surface area contributed by atoms with E-state index in [1.54, 1.807) is 4.90 Å². The fourth-order valence-corrected chi connectivity index (χ4v) is 3.63. The van der Waals surface area contributed by atoms with E-state index in [-0.39, 0.29) is 17.4 Å². The molecule has 2 aromatic carbocycles. The Balaban J connectivity index is 2.36. The van der Waals surface area contributed by atoms with Crippen molar-refractivity contribution in [2.75, 3.05) is 0 Å². The number of hydrogen-bond acceptors (Lipinski definition) is 2. The number of nitrogens with one attached hydrogen (secondary N) is 1. The molecular weight excluding hydrogens is 372 g/mol. The van der Waals surface area contributed by atoms with Gasteiger partial charge in [0.05, 0.1) is 6.42 Å². The summed E-state index contributed by atoms with van der Waals surface area (Å²) in [5, 5.41) is 3.05. The topological polar surface area (TPSA) is 49.4 Å². The van der Waals surface area contributed by atoms with Crippen LogP contribution in [-0.2, 0) is 22.6 Å². The van der Waals surface area contributed by atoms with E-state index < -0.39 is 6.04 Å². The van der Waals surface area contributed by atoms with E-state index in [4.69, 9.17) is 0 Å². The van der Waals surface area contributed by atoms with E-state index in [2.05, 4.69) is 23.5 Å². The fraction of sp³-hybridized carbons (Fsp3) is 0.462. The minimum Gasteiger partial charge on any atom is -0.350 e. The van der Waals surface area contributed by atoms with Gasteiger partial charge < -0.3 is 10.2 Å². The van der Waals surface area contributed by atoms with Gasteiger partial charge in [-0.05, 0) is 64.7 Å². The molecule has 162 valence electrons. The van der Waals surface area contributed by atoms with Gasteiger partial charge in [-0.3, -0.25) is 9.59 Å². The Kier molecular flexibility index (Phi) is 7.83. The van der Waals surface area contributed by atoms with Gasteiger partial charge in [-0.25, -0.2) is 0 Å². The van der Waals surface area contributed by atoms with Gasteiger partial charge >= 0.3 is 0 Å². The van der Waals surface area contributed by atoms with Gasteiger partial charge in [-0.1, -0.05) is 60.5 Å². The normalized spacial score (nSPS) is 12.4. The van der Waals surface area contributed by atoms with Gasteiger partial charge in [0.1, 0.15) is 6.04 Å². The first-order valence-electron chi connectivity index (χ1n) is 10.7. The maximum absolute atomic E-state index is 13.5. The number of aryl methyl sites for hydroxylation is 3. The molecule has 0 radical (unpaired) electrons. The van der Waals surface area contributed by atoms with E-state index >= 15 is 0 Å². The van der Waals surface area contributed by atoms with Crippen molar-refractivity contribution in [2.45, 2.75) is 79.4 Å². The molecule has 0 saturated carbocycles. The number of benzene rings is 2. The second kappa shape index (κ2) is 9.92. The molecule has 0 aromatic heterocycles. The highest BCUT2D eigenvalue weighted by Crippen LogP contribution is 2.18. The molecular formula is C26H36N2O2. The van der Waals surface area contributed by atoms with E-state index in [1.165, 1.54) is 0 Å². The Hall–Kier alpha value is -2.62. The molecule has 0 aliphatic rings. The van der Waals surface area contributed by atoms with Crippen molar-refractivity contribution in [3.05, 3.63) is 70.3 Å². The maximum Gasteiger partial charge on any atom is 0.243 e.